The van der Waals surface area contributed by atoms with Gasteiger partial charge in [0.05, 0.1) is 11.1 Å². The van der Waals surface area contributed by atoms with E-state index < -0.39 is 16.3 Å². The Bertz CT molecular complexity index is 1540. The van der Waals surface area contributed by atoms with Crippen LogP contribution in [0.25, 0.3) is 27.8 Å². The lowest BCUT2D eigenvalue weighted by atomic mass is 9.80. The topological polar surface area (TPSA) is 83.5 Å². The number of nitriles is 1. The number of fused-ring (bicyclic) bond motifs is 3. The number of unbranched alkanes of at least 4 members (excludes halogenated alkanes) is 9. The van der Waals surface area contributed by atoms with E-state index in [-0.39, 0.29) is 16.7 Å². The molecule has 0 saturated carbocycles. The highest BCUT2D eigenvalue weighted by Gasteiger charge is 2.41. The smallest absolute Gasteiger partial charge is 0.236 e. The third kappa shape index (κ3) is 5.54. The molecule has 0 unspecified atom stereocenters. The maximum absolute atomic E-state index is 12.6. The van der Waals surface area contributed by atoms with Crippen LogP contribution in [-0.4, -0.2) is 12.4 Å². The molecule has 1 aliphatic heterocycles. The van der Waals surface area contributed by atoms with Crippen LogP contribution in [0.1, 0.15) is 102 Å². The van der Waals surface area contributed by atoms with Gasteiger partial charge in [-0.1, -0.05) is 109 Å². The average Bonchev–Trinajstić information content (AvgIpc) is 3.17. The van der Waals surface area contributed by atoms with Crippen LogP contribution in [0.3, 0.4) is 0 Å². The fourth-order valence-electron chi connectivity index (χ4n) is 6.06. The molecule has 0 bridgehead atoms. The fraction of sp³-hybridized carbons (Fsp3) is 0.441. The van der Waals surface area contributed by atoms with E-state index >= 15 is 0 Å². The predicted octanol–water partition coefficient (Wildman–Crippen LogP) is 7.64. The third-order valence-electron chi connectivity index (χ3n) is 8.19. The van der Waals surface area contributed by atoms with Crippen LogP contribution in [0, 0.1) is 11.3 Å². The van der Waals surface area contributed by atoms with Crippen LogP contribution in [0.5, 0.6) is 0 Å². The Morgan fingerprint density at radius 3 is 2.21 bits per heavy atom. The van der Waals surface area contributed by atoms with Crippen LogP contribution in [0.4, 0.5) is 5.69 Å². The summed E-state index contributed by atoms with van der Waals surface area (Å²) in [5.74, 6) is 1.79. The summed E-state index contributed by atoms with van der Waals surface area (Å²) in [4.78, 5) is 27.3. The fourth-order valence-corrected chi connectivity index (χ4v) is 6.06. The standard InChI is InChI=1S/C34H38N3O2/c1-4-5-6-7-8-9-10-11-12-15-20-37-28-19-18-24-16-13-14-17-26(24)31(28)34(2,3)29(37)21-27-30(25(22-35)23-36)33(39)32(27)38/h13-14,16-19,21H,4-12,15,20H2,1-3H3/q-1/b29-21-. The molecule has 202 valence electrons. The molecule has 0 amide bonds. The second-order valence-corrected chi connectivity index (χ2v) is 11.2. The van der Waals surface area contributed by atoms with Crippen LogP contribution < -0.4 is 15.8 Å². The Morgan fingerprint density at radius 1 is 0.923 bits per heavy atom. The molecule has 5 nitrogen and oxygen atoms in total. The van der Waals surface area contributed by atoms with Crippen molar-refractivity contribution in [1.82, 2.24) is 0 Å². The Balaban J connectivity index is 1.61. The van der Waals surface area contributed by atoms with Crippen molar-refractivity contribution in [2.24, 2.45) is 0 Å². The molecule has 0 aromatic heterocycles. The first-order valence-corrected chi connectivity index (χ1v) is 14.4. The first kappa shape index (κ1) is 28.3. The SMILES string of the molecule is CCCCCCCCCCCCN1/C(=C\c2c(C(=C=[N-])C#N)c(=O)c2=O)C(C)(C)c2c1ccc1ccccc21. The summed E-state index contributed by atoms with van der Waals surface area (Å²) in [7, 11) is 0. The Kier molecular flexibility index (Phi) is 9.00. The van der Waals surface area contributed by atoms with Gasteiger partial charge < -0.3 is 10.3 Å². The number of anilines is 1. The van der Waals surface area contributed by atoms with Gasteiger partial charge in [0.2, 0.25) is 10.9 Å². The predicted molar refractivity (Wildman–Crippen MR) is 163 cm³/mol. The number of allylic oxidation sites excluding steroid dienone is 2. The van der Waals surface area contributed by atoms with E-state index in [0.717, 1.165) is 36.2 Å². The molecule has 0 saturated heterocycles. The van der Waals surface area contributed by atoms with Gasteiger partial charge in [-0.2, -0.15) is 5.26 Å². The highest BCUT2D eigenvalue weighted by molar-refractivity contribution is 6.02. The molecular formula is C34H38N3O2-. The first-order valence-electron chi connectivity index (χ1n) is 14.4. The van der Waals surface area contributed by atoms with Gasteiger partial charge in [0.25, 0.3) is 0 Å². The molecule has 3 aromatic carbocycles. The maximum atomic E-state index is 12.6. The summed E-state index contributed by atoms with van der Waals surface area (Å²) in [5.41, 5.74) is 1.25. The van der Waals surface area contributed by atoms with Crippen molar-refractivity contribution in [3.05, 3.63) is 84.6 Å². The zero-order valence-electron chi connectivity index (χ0n) is 23.5. The number of hydrogen-bond acceptors (Lipinski definition) is 4. The number of hydrogen-bond donors (Lipinski definition) is 0. The summed E-state index contributed by atoms with van der Waals surface area (Å²) in [6, 6.07) is 14.4. The molecule has 0 N–H and O–H groups in total. The second-order valence-electron chi connectivity index (χ2n) is 11.2. The van der Waals surface area contributed by atoms with Gasteiger partial charge >= 0.3 is 0 Å². The Hall–Kier alpha value is -3.74. The molecule has 4 rings (SSSR count). The molecule has 3 aromatic rings. The first-order chi connectivity index (χ1) is 18.9. The third-order valence-corrected chi connectivity index (χ3v) is 8.19. The van der Waals surface area contributed by atoms with Crippen molar-refractivity contribution < 1.29 is 0 Å². The largest absolute Gasteiger partial charge is 0.762 e. The zero-order valence-corrected chi connectivity index (χ0v) is 23.5. The maximum Gasteiger partial charge on any atom is 0.236 e. The quantitative estimate of drug-likeness (QED) is 0.100. The van der Waals surface area contributed by atoms with Crippen LogP contribution in [0.15, 0.2) is 51.7 Å². The molecule has 1 heterocycles. The minimum Gasteiger partial charge on any atom is -0.762 e. The molecule has 0 atom stereocenters. The molecule has 0 radical (unpaired) electrons. The number of benzene rings is 2. The van der Waals surface area contributed by atoms with Gasteiger partial charge in [-0.05, 0) is 34.9 Å². The van der Waals surface area contributed by atoms with Crippen LogP contribution >= 0.6 is 0 Å². The van der Waals surface area contributed by atoms with Gasteiger partial charge in [-0.3, -0.25) is 9.59 Å². The van der Waals surface area contributed by atoms with E-state index in [1.165, 1.54) is 62.3 Å². The molecule has 1 aliphatic rings. The van der Waals surface area contributed by atoms with Crippen molar-refractivity contribution in [1.29, 1.82) is 5.26 Å². The highest BCUT2D eigenvalue weighted by atomic mass is 16.2. The summed E-state index contributed by atoms with van der Waals surface area (Å²) in [6.07, 6.45) is 14.3. The van der Waals surface area contributed by atoms with E-state index in [4.69, 9.17) is 0 Å². The average molecular weight is 521 g/mol. The lowest BCUT2D eigenvalue weighted by Crippen LogP contribution is -2.39. The second kappa shape index (κ2) is 12.4. The van der Waals surface area contributed by atoms with E-state index in [0.29, 0.717) is 0 Å². The summed E-state index contributed by atoms with van der Waals surface area (Å²) >= 11 is 0. The van der Waals surface area contributed by atoms with E-state index in [9.17, 15) is 20.3 Å². The summed E-state index contributed by atoms with van der Waals surface area (Å²) in [5, 5.41) is 21.1. The Labute approximate surface area is 231 Å². The van der Waals surface area contributed by atoms with Crippen molar-refractivity contribution in [3.8, 4) is 6.07 Å². The minimum absolute atomic E-state index is 0.0481. The molecule has 5 heteroatoms. The van der Waals surface area contributed by atoms with Crippen LogP contribution in [0.2, 0.25) is 0 Å². The highest BCUT2D eigenvalue weighted by Crippen LogP contribution is 2.51. The summed E-state index contributed by atoms with van der Waals surface area (Å²) < 4.78 is 0. The van der Waals surface area contributed by atoms with Gasteiger partial charge in [0.1, 0.15) is 6.07 Å². The van der Waals surface area contributed by atoms with Crippen molar-refractivity contribution in [3.63, 3.8) is 0 Å². The van der Waals surface area contributed by atoms with Crippen molar-refractivity contribution in [2.45, 2.75) is 90.4 Å². The van der Waals surface area contributed by atoms with E-state index in [1.807, 2.05) is 12.1 Å². The van der Waals surface area contributed by atoms with Gasteiger partial charge in [-0.25, -0.2) is 5.87 Å². The zero-order chi connectivity index (χ0) is 28.0. The van der Waals surface area contributed by atoms with Gasteiger partial charge in [0, 0.05) is 28.9 Å². The van der Waals surface area contributed by atoms with E-state index in [1.54, 1.807) is 18.0 Å². The van der Waals surface area contributed by atoms with Crippen LogP contribution in [-0.2, 0) is 5.41 Å². The van der Waals surface area contributed by atoms with Gasteiger partial charge in [0.15, 0.2) is 0 Å². The van der Waals surface area contributed by atoms with Gasteiger partial charge in [-0.15, -0.1) is 0 Å². The van der Waals surface area contributed by atoms with Crippen molar-refractivity contribution >= 4 is 34.0 Å². The molecule has 0 spiro atoms. The number of nitrogens with zero attached hydrogens (tertiary/aromatic N) is 3. The molecule has 0 fully saturated rings. The summed E-state index contributed by atoms with van der Waals surface area (Å²) in [6.45, 7) is 7.34. The van der Waals surface area contributed by atoms with E-state index in [2.05, 4.69) is 49.9 Å². The minimum atomic E-state index is -0.750. The normalized spacial score (nSPS) is 15.0. The molecular weight excluding hydrogens is 482 g/mol. The monoisotopic (exact) mass is 520 g/mol. The van der Waals surface area contributed by atoms with Crippen molar-refractivity contribution in [2.75, 3.05) is 11.4 Å². The lowest BCUT2D eigenvalue weighted by molar-refractivity contribution is 0.554. The molecule has 39 heavy (non-hydrogen) atoms. The molecule has 0 aliphatic carbocycles. The Morgan fingerprint density at radius 2 is 1.56 bits per heavy atom. The number of rotatable bonds is 13. The lowest BCUT2D eigenvalue weighted by Gasteiger charge is -2.28.